The summed E-state index contributed by atoms with van der Waals surface area (Å²) in [4.78, 5) is 2.39. The lowest BCUT2D eigenvalue weighted by Gasteiger charge is -2.26. The van der Waals surface area contributed by atoms with Gasteiger partial charge in [0.05, 0.1) is 0 Å². The van der Waals surface area contributed by atoms with Crippen LogP contribution in [0.2, 0.25) is 0 Å². The minimum Gasteiger partial charge on any atom is -0.297 e. The van der Waals surface area contributed by atoms with Crippen LogP contribution in [0.3, 0.4) is 0 Å². The van der Waals surface area contributed by atoms with Gasteiger partial charge in [-0.3, -0.25) is 4.90 Å². The Kier molecular flexibility index (Phi) is 5.42. The van der Waals surface area contributed by atoms with Crippen LogP contribution in [0.25, 0.3) is 0 Å². The predicted molar refractivity (Wildman–Crippen MR) is 69.9 cm³/mol. The monoisotopic (exact) mass is 287 g/mol. The van der Waals surface area contributed by atoms with Crippen LogP contribution < -0.4 is 0 Å². The number of nitrogens with zero attached hydrogens (tertiary/aromatic N) is 1. The second kappa shape index (κ2) is 6.36. The van der Waals surface area contributed by atoms with Gasteiger partial charge in [-0.15, -0.1) is 0 Å². The maximum atomic E-state index is 12.9. The minimum atomic E-state index is -0.192. The Morgan fingerprint density at radius 2 is 2.06 bits per heavy atom. The fraction of sp³-hybridized carbons (Fsp3) is 0.538. The van der Waals surface area contributed by atoms with Crippen LogP contribution in [0.4, 0.5) is 4.39 Å². The van der Waals surface area contributed by atoms with Crippen LogP contribution in [-0.2, 0) is 6.54 Å². The van der Waals surface area contributed by atoms with Crippen LogP contribution in [-0.4, -0.2) is 17.5 Å². The topological polar surface area (TPSA) is 3.24 Å². The third-order valence-corrected chi connectivity index (χ3v) is 3.37. The molecule has 0 saturated heterocycles. The van der Waals surface area contributed by atoms with Gasteiger partial charge in [0.25, 0.3) is 0 Å². The molecule has 1 aromatic carbocycles. The molecule has 1 nitrogen and oxygen atoms in total. The third kappa shape index (κ3) is 3.87. The van der Waals surface area contributed by atoms with Gasteiger partial charge in [0, 0.05) is 17.1 Å². The van der Waals surface area contributed by atoms with Crippen LogP contribution in [0.15, 0.2) is 22.7 Å². The van der Waals surface area contributed by atoms with Gasteiger partial charge in [0.15, 0.2) is 0 Å². The molecule has 0 fully saturated rings. The fourth-order valence-electron chi connectivity index (χ4n) is 1.68. The van der Waals surface area contributed by atoms with Crippen molar-refractivity contribution < 1.29 is 4.39 Å². The molecule has 0 N–H and O–H groups in total. The maximum absolute atomic E-state index is 12.9. The van der Waals surface area contributed by atoms with E-state index in [0.29, 0.717) is 6.04 Å². The van der Waals surface area contributed by atoms with Crippen molar-refractivity contribution in [2.24, 2.45) is 0 Å². The Hall–Kier alpha value is -0.410. The van der Waals surface area contributed by atoms with Gasteiger partial charge in [-0.1, -0.05) is 28.9 Å². The van der Waals surface area contributed by atoms with Crippen LogP contribution in [0.1, 0.15) is 32.8 Å². The molecule has 0 radical (unpaired) electrons. The van der Waals surface area contributed by atoms with E-state index in [9.17, 15) is 4.39 Å². The Morgan fingerprint density at radius 3 is 2.56 bits per heavy atom. The highest BCUT2D eigenvalue weighted by Crippen LogP contribution is 2.20. The van der Waals surface area contributed by atoms with E-state index >= 15 is 0 Å². The molecule has 3 heteroatoms. The summed E-state index contributed by atoms with van der Waals surface area (Å²) in [5.74, 6) is -0.192. The molecule has 1 rings (SSSR count). The summed E-state index contributed by atoms with van der Waals surface area (Å²) in [5.41, 5.74) is 1.14. The van der Waals surface area contributed by atoms with Gasteiger partial charge < -0.3 is 0 Å². The molecule has 0 amide bonds. The van der Waals surface area contributed by atoms with E-state index in [1.54, 1.807) is 0 Å². The number of benzene rings is 1. The number of halogens is 2. The van der Waals surface area contributed by atoms with Gasteiger partial charge in [-0.25, -0.2) is 4.39 Å². The third-order valence-electron chi connectivity index (χ3n) is 2.63. The van der Waals surface area contributed by atoms with Crippen molar-refractivity contribution in [3.8, 4) is 0 Å². The predicted octanol–water partition coefficient (Wildman–Crippen LogP) is 4.21. The highest BCUT2D eigenvalue weighted by molar-refractivity contribution is 9.10. The van der Waals surface area contributed by atoms with E-state index in [1.165, 1.54) is 12.1 Å². The van der Waals surface area contributed by atoms with Crippen molar-refractivity contribution >= 4 is 15.9 Å². The lowest BCUT2D eigenvalue weighted by Crippen LogP contribution is -2.31. The second-order valence-electron chi connectivity index (χ2n) is 4.30. The molecule has 0 aromatic heterocycles. The highest BCUT2D eigenvalue weighted by atomic mass is 79.9. The number of hydrogen-bond acceptors (Lipinski definition) is 1. The van der Waals surface area contributed by atoms with E-state index in [4.69, 9.17) is 0 Å². The van der Waals surface area contributed by atoms with Crippen molar-refractivity contribution in [1.82, 2.24) is 4.90 Å². The van der Waals surface area contributed by atoms with Crippen molar-refractivity contribution in [2.75, 3.05) is 6.54 Å². The summed E-state index contributed by atoms with van der Waals surface area (Å²) in [5, 5.41) is 0. The SMILES string of the molecule is CCCN(Cc1ccc(F)cc1Br)C(C)C. The molecule has 0 heterocycles. The van der Waals surface area contributed by atoms with Crippen LogP contribution in [0.5, 0.6) is 0 Å². The molecular formula is C13H19BrFN. The smallest absolute Gasteiger partial charge is 0.124 e. The average Bonchev–Trinajstić information content (AvgIpc) is 2.20. The van der Waals surface area contributed by atoms with Crippen molar-refractivity contribution in [1.29, 1.82) is 0 Å². The lowest BCUT2D eigenvalue weighted by atomic mass is 10.2. The van der Waals surface area contributed by atoms with E-state index in [1.807, 2.05) is 6.07 Å². The van der Waals surface area contributed by atoms with E-state index in [0.717, 1.165) is 29.5 Å². The van der Waals surface area contributed by atoms with Crippen molar-refractivity contribution in [3.63, 3.8) is 0 Å². The summed E-state index contributed by atoms with van der Waals surface area (Å²) in [6.45, 7) is 8.49. The zero-order valence-electron chi connectivity index (χ0n) is 10.1. The van der Waals surface area contributed by atoms with Gasteiger partial charge in [-0.2, -0.15) is 0 Å². The average molecular weight is 288 g/mol. The van der Waals surface area contributed by atoms with E-state index < -0.39 is 0 Å². The first-order valence-electron chi connectivity index (χ1n) is 5.72. The van der Waals surface area contributed by atoms with Gasteiger partial charge >= 0.3 is 0 Å². The summed E-state index contributed by atoms with van der Waals surface area (Å²) in [6.07, 6.45) is 1.14. The Morgan fingerprint density at radius 1 is 1.38 bits per heavy atom. The highest BCUT2D eigenvalue weighted by Gasteiger charge is 2.11. The first kappa shape index (κ1) is 13.7. The van der Waals surface area contributed by atoms with Crippen molar-refractivity contribution in [2.45, 2.75) is 39.8 Å². The summed E-state index contributed by atoms with van der Waals surface area (Å²) in [7, 11) is 0. The first-order chi connectivity index (χ1) is 7.54. The standard InChI is InChI=1S/C13H19BrFN/c1-4-7-16(10(2)3)9-11-5-6-12(15)8-13(11)14/h5-6,8,10H,4,7,9H2,1-3H3. The fourth-order valence-corrected chi connectivity index (χ4v) is 2.15. The molecule has 0 spiro atoms. The normalized spacial score (nSPS) is 11.4. The molecule has 0 bridgehead atoms. The van der Waals surface area contributed by atoms with Gasteiger partial charge in [0.2, 0.25) is 0 Å². The molecule has 0 aliphatic heterocycles. The Bertz CT molecular complexity index is 339. The summed E-state index contributed by atoms with van der Waals surface area (Å²) < 4.78 is 13.8. The lowest BCUT2D eigenvalue weighted by molar-refractivity contribution is 0.213. The van der Waals surface area contributed by atoms with Crippen LogP contribution in [0, 0.1) is 5.82 Å². The zero-order chi connectivity index (χ0) is 12.1. The molecule has 16 heavy (non-hydrogen) atoms. The number of hydrogen-bond donors (Lipinski definition) is 0. The first-order valence-corrected chi connectivity index (χ1v) is 6.52. The van der Waals surface area contributed by atoms with Crippen molar-refractivity contribution in [3.05, 3.63) is 34.1 Å². The Labute approximate surface area is 106 Å². The molecule has 0 aliphatic carbocycles. The second-order valence-corrected chi connectivity index (χ2v) is 5.15. The number of rotatable bonds is 5. The van der Waals surface area contributed by atoms with E-state index in [2.05, 4.69) is 41.6 Å². The molecule has 90 valence electrons. The molecule has 0 aliphatic rings. The maximum Gasteiger partial charge on any atom is 0.124 e. The zero-order valence-corrected chi connectivity index (χ0v) is 11.7. The molecule has 0 atom stereocenters. The molecule has 0 unspecified atom stereocenters. The molecule has 0 saturated carbocycles. The minimum absolute atomic E-state index is 0.192. The van der Waals surface area contributed by atoms with E-state index in [-0.39, 0.29) is 5.82 Å². The van der Waals surface area contributed by atoms with Crippen LogP contribution >= 0.6 is 15.9 Å². The van der Waals surface area contributed by atoms with Gasteiger partial charge in [0.1, 0.15) is 5.82 Å². The quantitative estimate of drug-likeness (QED) is 0.784. The summed E-state index contributed by atoms with van der Waals surface area (Å²) in [6, 6.07) is 5.41. The molecular weight excluding hydrogens is 269 g/mol. The van der Waals surface area contributed by atoms with Gasteiger partial charge in [-0.05, 0) is 44.5 Å². The molecule has 1 aromatic rings. The Balaban J connectivity index is 2.77. The largest absolute Gasteiger partial charge is 0.297 e. The summed E-state index contributed by atoms with van der Waals surface area (Å²) >= 11 is 3.41.